The van der Waals surface area contributed by atoms with E-state index in [4.69, 9.17) is 24.4 Å². The van der Waals surface area contributed by atoms with E-state index in [9.17, 15) is 0 Å². The lowest BCUT2D eigenvalue weighted by molar-refractivity contribution is 0.632. The van der Waals surface area contributed by atoms with E-state index >= 15 is 0 Å². The van der Waals surface area contributed by atoms with Gasteiger partial charge >= 0.3 is 0 Å². The fraction of sp³-hybridized carbons (Fsp3) is 0. The fourth-order valence-electron chi connectivity index (χ4n) is 8.10. The van der Waals surface area contributed by atoms with Crippen molar-refractivity contribution in [1.82, 2.24) is 19.9 Å². The Morgan fingerprint density at radius 3 is 1.11 bits per heavy atom. The number of hydrogen-bond donors (Lipinski definition) is 0. The summed E-state index contributed by atoms with van der Waals surface area (Å²) in [6.45, 7) is 0. The lowest BCUT2D eigenvalue weighted by Gasteiger charge is -2.11. The van der Waals surface area contributed by atoms with Gasteiger partial charge in [-0.2, -0.15) is 0 Å². The van der Waals surface area contributed by atoms with E-state index in [1.807, 2.05) is 42.5 Å². The number of fused-ring (bicyclic) bond motifs is 3. The molecule has 11 rings (SSSR count). The van der Waals surface area contributed by atoms with Gasteiger partial charge in [0.2, 0.25) is 0 Å². The zero-order valence-electron chi connectivity index (χ0n) is 33.0. The van der Waals surface area contributed by atoms with Gasteiger partial charge in [-0.3, -0.25) is 0 Å². The van der Waals surface area contributed by atoms with Gasteiger partial charge in [0.15, 0.2) is 23.1 Å². The molecule has 0 aliphatic rings. The average molecular weight is 781 g/mol. The van der Waals surface area contributed by atoms with Crippen LogP contribution in [0.15, 0.2) is 223 Å². The van der Waals surface area contributed by atoms with Crippen molar-refractivity contribution < 1.29 is 4.42 Å². The zero-order valence-corrected chi connectivity index (χ0v) is 33.0. The van der Waals surface area contributed by atoms with Crippen LogP contribution in [0, 0.1) is 0 Å². The Bertz CT molecular complexity index is 3190. The number of pyridine rings is 1. The molecule has 8 aromatic carbocycles. The third kappa shape index (κ3) is 6.84. The maximum Gasteiger partial charge on any atom is 0.164 e. The summed E-state index contributed by atoms with van der Waals surface area (Å²) in [5, 5.41) is 2.08. The minimum absolute atomic E-state index is 0.582. The van der Waals surface area contributed by atoms with Gasteiger partial charge in [0, 0.05) is 44.2 Å². The second-order valence-electron chi connectivity index (χ2n) is 15.0. The van der Waals surface area contributed by atoms with Crippen molar-refractivity contribution in [2.75, 3.05) is 0 Å². The number of benzene rings is 8. The summed E-state index contributed by atoms with van der Waals surface area (Å²) < 4.78 is 6.96. The molecule has 5 nitrogen and oxygen atoms in total. The molecular weight excluding hydrogens is 745 g/mol. The quantitative estimate of drug-likeness (QED) is 0.154. The van der Waals surface area contributed by atoms with E-state index in [1.165, 1.54) is 0 Å². The molecule has 0 fully saturated rings. The number of furan rings is 1. The Kier molecular flexibility index (Phi) is 9.10. The van der Waals surface area contributed by atoms with Crippen LogP contribution in [0.5, 0.6) is 0 Å². The van der Waals surface area contributed by atoms with Crippen LogP contribution < -0.4 is 0 Å². The van der Waals surface area contributed by atoms with E-state index < -0.39 is 0 Å². The Hall–Kier alpha value is -8.28. The number of aromatic nitrogens is 4. The van der Waals surface area contributed by atoms with Crippen molar-refractivity contribution in [3.05, 3.63) is 218 Å². The van der Waals surface area contributed by atoms with Crippen LogP contribution in [0.4, 0.5) is 0 Å². The van der Waals surface area contributed by atoms with Crippen LogP contribution in [0.25, 0.3) is 112 Å². The van der Waals surface area contributed by atoms with Crippen LogP contribution in [0.3, 0.4) is 0 Å². The summed E-state index contributed by atoms with van der Waals surface area (Å²) in [5.41, 5.74) is 13.7. The van der Waals surface area contributed by atoms with Gasteiger partial charge in [-0.15, -0.1) is 0 Å². The van der Waals surface area contributed by atoms with Crippen LogP contribution in [0.1, 0.15) is 0 Å². The maximum absolute atomic E-state index is 6.96. The highest BCUT2D eigenvalue weighted by Gasteiger charge is 2.24. The molecule has 0 amide bonds. The van der Waals surface area contributed by atoms with Gasteiger partial charge < -0.3 is 4.42 Å². The lowest BCUT2D eigenvalue weighted by atomic mass is 9.95. The zero-order chi connectivity index (χ0) is 40.5. The SMILES string of the molecule is c1ccc(-c2ccc(-c3nc(-c4ccc(-c5ccccc5)cc4)nc(-c4ccc(-c5nc6ccccc6c6c(-c7ccccc7)c(-c7ccccc7)oc56)cc4)n3)cc2)cc1. The van der Waals surface area contributed by atoms with Crippen molar-refractivity contribution in [2.24, 2.45) is 0 Å². The topological polar surface area (TPSA) is 64.7 Å². The Balaban J connectivity index is 1.04. The highest BCUT2D eigenvalue weighted by molar-refractivity contribution is 6.18. The van der Waals surface area contributed by atoms with Crippen molar-refractivity contribution in [2.45, 2.75) is 0 Å². The van der Waals surface area contributed by atoms with Crippen molar-refractivity contribution in [3.63, 3.8) is 0 Å². The van der Waals surface area contributed by atoms with Gasteiger partial charge in [-0.25, -0.2) is 19.9 Å². The first-order chi connectivity index (χ1) is 30.2. The van der Waals surface area contributed by atoms with Gasteiger partial charge in [0.1, 0.15) is 11.5 Å². The molecule has 0 radical (unpaired) electrons. The third-order valence-electron chi connectivity index (χ3n) is 11.2. The van der Waals surface area contributed by atoms with E-state index in [2.05, 4.69) is 176 Å². The molecule has 61 heavy (non-hydrogen) atoms. The largest absolute Gasteiger partial charge is 0.453 e. The molecule has 3 heterocycles. The summed E-state index contributed by atoms with van der Waals surface area (Å²) in [5.74, 6) is 2.60. The predicted octanol–water partition coefficient (Wildman–Crippen LogP) is 14.5. The van der Waals surface area contributed by atoms with Gasteiger partial charge in [-0.1, -0.05) is 212 Å². The van der Waals surface area contributed by atoms with E-state index in [0.29, 0.717) is 17.5 Å². The molecule has 3 aromatic heterocycles. The van der Waals surface area contributed by atoms with Crippen LogP contribution >= 0.6 is 0 Å². The smallest absolute Gasteiger partial charge is 0.164 e. The van der Waals surface area contributed by atoms with Crippen LogP contribution in [-0.4, -0.2) is 19.9 Å². The highest BCUT2D eigenvalue weighted by Crippen LogP contribution is 2.46. The standard InChI is InChI=1S/C56H36N4O/c1-5-15-37(16-6-1)39-25-31-44(32-26-39)54-58-55(45-33-27-40(28-34-45)38-17-7-2-8-18-38)60-56(59-54)46-35-29-42(30-36-46)51-53-50(47-23-13-14-24-48(47)57-51)49(41-19-9-3-10-20-41)52(61-53)43-21-11-4-12-22-43/h1-36H. The minimum atomic E-state index is 0.582. The van der Waals surface area contributed by atoms with Crippen LogP contribution in [-0.2, 0) is 0 Å². The molecule has 0 bridgehead atoms. The summed E-state index contributed by atoms with van der Waals surface area (Å²) >= 11 is 0. The molecule has 0 atom stereocenters. The summed E-state index contributed by atoms with van der Waals surface area (Å²) in [4.78, 5) is 20.5. The Labute approximate surface area is 353 Å². The monoisotopic (exact) mass is 780 g/mol. The van der Waals surface area contributed by atoms with E-state index in [-0.39, 0.29) is 0 Å². The summed E-state index contributed by atoms with van der Waals surface area (Å²) in [6, 6.07) is 75.0. The fourth-order valence-corrected chi connectivity index (χ4v) is 8.10. The second kappa shape index (κ2) is 15.5. The number of nitrogens with zero attached hydrogens (tertiary/aromatic N) is 4. The van der Waals surface area contributed by atoms with E-state index in [0.717, 1.165) is 94.5 Å². The molecule has 0 saturated heterocycles. The molecule has 11 aromatic rings. The molecular formula is C56H36N4O. The molecule has 0 aliphatic heterocycles. The normalized spacial score (nSPS) is 11.3. The van der Waals surface area contributed by atoms with Crippen molar-refractivity contribution >= 4 is 21.9 Å². The molecule has 286 valence electrons. The third-order valence-corrected chi connectivity index (χ3v) is 11.2. The average Bonchev–Trinajstić information content (AvgIpc) is 3.76. The molecule has 0 aliphatic carbocycles. The molecule has 5 heteroatoms. The number of para-hydroxylation sites is 1. The number of hydrogen-bond acceptors (Lipinski definition) is 5. The lowest BCUT2D eigenvalue weighted by Crippen LogP contribution is -2.00. The van der Waals surface area contributed by atoms with Gasteiger partial charge in [-0.05, 0) is 33.9 Å². The maximum atomic E-state index is 6.96. The first-order valence-corrected chi connectivity index (χ1v) is 20.4. The molecule has 0 unspecified atom stereocenters. The Morgan fingerprint density at radius 2 is 0.639 bits per heavy atom. The first kappa shape index (κ1) is 35.8. The summed E-state index contributed by atoms with van der Waals surface area (Å²) in [7, 11) is 0. The van der Waals surface area contributed by atoms with Crippen LogP contribution in [0.2, 0.25) is 0 Å². The Morgan fingerprint density at radius 1 is 0.279 bits per heavy atom. The molecule has 0 spiro atoms. The molecule has 0 N–H and O–H groups in total. The summed E-state index contributed by atoms with van der Waals surface area (Å²) in [6.07, 6.45) is 0. The van der Waals surface area contributed by atoms with Gasteiger partial charge in [0.05, 0.1) is 5.52 Å². The predicted molar refractivity (Wildman–Crippen MR) is 248 cm³/mol. The van der Waals surface area contributed by atoms with Gasteiger partial charge in [0.25, 0.3) is 0 Å². The van der Waals surface area contributed by atoms with E-state index in [1.54, 1.807) is 0 Å². The molecule has 0 saturated carbocycles. The highest BCUT2D eigenvalue weighted by atomic mass is 16.3. The van der Waals surface area contributed by atoms with Crippen molar-refractivity contribution in [1.29, 1.82) is 0 Å². The first-order valence-electron chi connectivity index (χ1n) is 20.4. The van der Waals surface area contributed by atoms with Crippen molar-refractivity contribution in [3.8, 4) is 90.1 Å². The second-order valence-corrected chi connectivity index (χ2v) is 15.0. The number of rotatable bonds is 8. The minimum Gasteiger partial charge on any atom is -0.453 e.